The van der Waals surface area contributed by atoms with E-state index in [1.54, 1.807) is 35.2 Å². The lowest BCUT2D eigenvalue weighted by atomic mass is 9.97. The number of carbonyl (C=O) groups is 2. The summed E-state index contributed by atoms with van der Waals surface area (Å²) in [7, 11) is 1.65. The van der Waals surface area contributed by atoms with E-state index in [-0.39, 0.29) is 18.0 Å². The molecule has 1 fully saturated rings. The van der Waals surface area contributed by atoms with E-state index in [0.29, 0.717) is 47.7 Å². The van der Waals surface area contributed by atoms with Gasteiger partial charge in [-0.15, -0.1) is 11.3 Å². The van der Waals surface area contributed by atoms with E-state index < -0.39 is 5.91 Å². The number of aromatic nitrogens is 4. The molecular weight excluding hydrogens is 524 g/mol. The van der Waals surface area contributed by atoms with Gasteiger partial charge in [0.05, 0.1) is 28.0 Å². The Morgan fingerprint density at radius 1 is 1.23 bits per heavy atom. The summed E-state index contributed by atoms with van der Waals surface area (Å²) in [5, 5.41) is 9.32. The molecule has 40 heavy (non-hydrogen) atoms. The molecule has 4 aromatic heterocycles. The zero-order chi connectivity index (χ0) is 28.4. The Bertz CT molecular complexity index is 1510. The van der Waals surface area contributed by atoms with Gasteiger partial charge < -0.3 is 20.9 Å². The summed E-state index contributed by atoms with van der Waals surface area (Å²) in [6.45, 7) is 8.83. The Kier molecular flexibility index (Phi) is 8.13. The van der Waals surface area contributed by atoms with E-state index in [0.717, 1.165) is 35.6 Å². The molecular formula is C29H36N8O2S. The molecule has 210 valence electrons. The number of carbonyl (C=O) groups excluding carboxylic acids is 2. The van der Waals surface area contributed by atoms with Gasteiger partial charge in [0.2, 0.25) is 11.8 Å². The quantitative estimate of drug-likeness (QED) is 0.304. The van der Waals surface area contributed by atoms with Crippen LogP contribution >= 0.6 is 11.3 Å². The number of fused-ring (bicyclic) bond motifs is 1. The number of nitrogens with two attached hydrogens (primary N) is 1. The van der Waals surface area contributed by atoms with E-state index in [9.17, 15) is 9.59 Å². The first-order chi connectivity index (χ1) is 19.4. The van der Waals surface area contributed by atoms with Gasteiger partial charge in [-0.1, -0.05) is 19.9 Å². The van der Waals surface area contributed by atoms with Crippen LogP contribution in [0.2, 0.25) is 0 Å². The van der Waals surface area contributed by atoms with Crippen molar-refractivity contribution >= 4 is 34.6 Å². The van der Waals surface area contributed by atoms with Crippen LogP contribution in [0.5, 0.6) is 0 Å². The van der Waals surface area contributed by atoms with Gasteiger partial charge in [0.25, 0.3) is 0 Å². The SMILES string of the molecule is CCN(CC)[C@@H](C)Cc1c(C(N)=O)cc(-c2cnn3ccc(-c4cccs4)nc23)nc1N1CCC[C@H]1C(=O)NC. The van der Waals surface area contributed by atoms with Crippen LogP contribution in [0, 0.1) is 0 Å². The van der Waals surface area contributed by atoms with Gasteiger partial charge in [0.1, 0.15) is 11.9 Å². The van der Waals surface area contributed by atoms with Crippen LogP contribution < -0.4 is 16.0 Å². The van der Waals surface area contributed by atoms with Crippen LogP contribution in [0.3, 0.4) is 0 Å². The minimum Gasteiger partial charge on any atom is -0.366 e. The van der Waals surface area contributed by atoms with Gasteiger partial charge >= 0.3 is 0 Å². The van der Waals surface area contributed by atoms with Crippen molar-refractivity contribution in [3.05, 3.63) is 53.2 Å². The predicted molar refractivity (Wildman–Crippen MR) is 159 cm³/mol. The third-order valence-corrected chi connectivity index (χ3v) is 8.69. The molecule has 1 aliphatic rings. The van der Waals surface area contributed by atoms with Crippen molar-refractivity contribution in [1.82, 2.24) is 29.8 Å². The average Bonchev–Trinajstić information content (AvgIpc) is 3.74. The van der Waals surface area contributed by atoms with Gasteiger partial charge in [-0.2, -0.15) is 5.10 Å². The normalized spacial score (nSPS) is 16.1. The molecule has 5 rings (SSSR count). The summed E-state index contributed by atoms with van der Waals surface area (Å²) < 4.78 is 1.71. The monoisotopic (exact) mass is 560 g/mol. The van der Waals surface area contributed by atoms with Crippen molar-refractivity contribution in [2.45, 2.75) is 52.1 Å². The third-order valence-electron chi connectivity index (χ3n) is 7.80. The van der Waals surface area contributed by atoms with Crippen molar-refractivity contribution in [2.24, 2.45) is 5.73 Å². The third kappa shape index (κ3) is 5.18. The summed E-state index contributed by atoms with van der Waals surface area (Å²) in [5.41, 5.74) is 9.93. The largest absolute Gasteiger partial charge is 0.366 e. The minimum atomic E-state index is -0.522. The molecule has 10 nitrogen and oxygen atoms in total. The number of likely N-dealkylation sites (N-methyl/N-ethyl adjacent to an activating group) is 2. The van der Waals surface area contributed by atoms with Crippen LogP contribution in [0.15, 0.2) is 42.0 Å². The Morgan fingerprint density at radius 3 is 2.70 bits per heavy atom. The highest BCUT2D eigenvalue weighted by Gasteiger charge is 2.34. The van der Waals surface area contributed by atoms with E-state index in [2.05, 4.69) is 36.1 Å². The fraction of sp³-hybridized carbons (Fsp3) is 0.414. The molecule has 0 spiro atoms. The van der Waals surface area contributed by atoms with Crippen LogP contribution in [0.25, 0.3) is 27.5 Å². The first kappa shape index (κ1) is 27.7. The molecule has 4 aromatic rings. The van der Waals surface area contributed by atoms with Gasteiger partial charge in [-0.05, 0) is 62.9 Å². The predicted octanol–water partition coefficient (Wildman–Crippen LogP) is 3.61. The second kappa shape index (κ2) is 11.7. The van der Waals surface area contributed by atoms with Crippen molar-refractivity contribution < 1.29 is 9.59 Å². The van der Waals surface area contributed by atoms with Crippen LogP contribution in [0.1, 0.15) is 49.5 Å². The van der Waals surface area contributed by atoms with Gasteiger partial charge in [0, 0.05) is 37.0 Å². The Balaban J connectivity index is 1.70. The second-order valence-electron chi connectivity index (χ2n) is 10.1. The highest BCUT2D eigenvalue weighted by atomic mass is 32.1. The Morgan fingerprint density at radius 2 is 2.02 bits per heavy atom. The summed E-state index contributed by atoms with van der Waals surface area (Å²) in [4.78, 5) is 41.3. The number of hydrogen-bond donors (Lipinski definition) is 2. The Labute approximate surface area is 238 Å². The number of anilines is 1. The second-order valence-corrected chi connectivity index (χ2v) is 11.0. The van der Waals surface area contributed by atoms with Crippen molar-refractivity contribution in [3.63, 3.8) is 0 Å². The van der Waals surface area contributed by atoms with E-state index >= 15 is 0 Å². The summed E-state index contributed by atoms with van der Waals surface area (Å²) in [6, 6.07) is 7.49. The lowest BCUT2D eigenvalue weighted by molar-refractivity contribution is -0.121. The first-order valence-corrected chi connectivity index (χ1v) is 14.7. The van der Waals surface area contributed by atoms with Crippen molar-refractivity contribution in [2.75, 3.05) is 31.6 Å². The van der Waals surface area contributed by atoms with E-state index in [1.807, 2.05) is 34.7 Å². The molecule has 0 aromatic carbocycles. The molecule has 1 aliphatic heterocycles. The van der Waals surface area contributed by atoms with Crippen LogP contribution in [-0.2, 0) is 11.2 Å². The van der Waals surface area contributed by atoms with Crippen molar-refractivity contribution in [1.29, 1.82) is 0 Å². The standard InChI is InChI=1S/C29H36N8O2S/c1-5-35(6-2)18(3)15-20-19(26(30)38)16-23(34-27(20)36-12-7-9-24(36)29(39)31-4)21-17-32-37-13-11-22(33-28(21)37)25-10-8-14-40-25/h8,10-11,13-14,16-18,24H,5-7,9,12,15H2,1-4H3,(H2,30,38)(H,31,39)/t18-,24-/m0/s1. The highest BCUT2D eigenvalue weighted by molar-refractivity contribution is 7.13. The highest BCUT2D eigenvalue weighted by Crippen LogP contribution is 2.35. The number of hydrogen-bond acceptors (Lipinski definition) is 8. The fourth-order valence-corrected chi connectivity index (χ4v) is 6.39. The van der Waals surface area contributed by atoms with Crippen LogP contribution in [0.4, 0.5) is 5.82 Å². The molecule has 0 saturated carbocycles. The van der Waals surface area contributed by atoms with E-state index in [1.165, 1.54) is 0 Å². The molecule has 0 unspecified atom stereocenters. The van der Waals surface area contributed by atoms with E-state index in [4.69, 9.17) is 15.7 Å². The molecule has 0 radical (unpaired) electrons. The number of primary amides is 1. The maximum Gasteiger partial charge on any atom is 0.249 e. The number of thiophene rings is 1. The number of rotatable bonds is 10. The minimum absolute atomic E-state index is 0.0636. The molecule has 2 amide bonds. The molecule has 2 atom stereocenters. The topological polar surface area (TPSA) is 122 Å². The molecule has 11 heteroatoms. The van der Waals surface area contributed by atoms with Gasteiger partial charge in [-0.25, -0.2) is 14.5 Å². The number of nitrogens with zero attached hydrogens (tertiary/aromatic N) is 6. The maximum absolute atomic E-state index is 13.0. The number of nitrogens with one attached hydrogen (secondary N) is 1. The summed E-state index contributed by atoms with van der Waals surface area (Å²) in [6.07, 6.45) is 5.73. The lowest BCUT2D eigenvalue weighted by Crippen LogP contribution is -2.43. The molecule has 1 saturated heterocycles. The molecule has 3 N–H and O–H groups in total. The number of pyridine rings is 1. The zero-order valence-corrected chi connectivity index (χ0v) is 24.2. The average molecular weight is 561 g/mol. The molecule has 5 heterocycles. The lowest BCUT2D eigenvalue weighted by Gasteiger charge is -2.31. The van der Waals surface area contributed by atoms with Gasteiger partial charge in [-0.3, -0.25) is 9.59 Å². The zero-order valence-electron chi connectivity index (χ0n) is 23.4. The van der Waals surface area contributed by atoms with Crippen molar-refractivity contribution in [3.8, 4) is 21.8 Å². The maximum atomic E-state index is 13.0. The molecule has 0 aliphatic carbocycles. The Hall–Kier alpha value is -3.83. The van der Waals surface area contributed by atoms with Crippen LogP contribution in [-0.4, -0.2) is 75.1 Å². The smallest absolute Gasteiger partial charge is 0.249 e. The molecule has 0 bridgehead atoms. The summed E-state index contributed by atoms with van der Waals surface area (Å²) >= 11 is 1.62. The summed E-state index contributed by atoms with van der Waals surface area (Å²) in [5.74, 6) is 0.0440. The number of amides is 2. The van der Waals surface area contributed by atoms with Gasteiger partial charge in [0.15, 0.2) is 5.65 Å². The first-order valence-electron chi connectivity index (χ1n) is 13.8. The fourth-order valence-electron chi connectivity index (χ4n) is 5.70.